The maximum Gasteiger partial charge on any atom is 0.427 e. The highest BCUT2D eigenvalue weighted by atomic mass is 32.1. The number of benzene rings is 5. The molecule has 32 nitrogen and oxygen atoms in total. The Morgan fingerprint density at radius 2 is 1.02 bits per heavy atom. The normalized spacial score (nSPS) is 12.5. The van der Waals surface area contributed by atoms with Gasteiger partial charge in [0.25, 0.3) is 41.4 Å². The van der Waals surface area contributed by atoms with Gasteiger partial charge in [-0.15, -0.1) is 11.3 Å². The predicted octanol–water partition coefficient (Wildman–Crippen LogP) is 14.9. The lowest BCUT2D eigenvalue weighted by Crippen LogP contribution is -2.44. The number of thiocarbonyl (C=S) groups is 1. The first kappa shape index (κ1) is 95.5. The predicted molar refractivity (Wildman–Crippen MR) is 479 cm³/mol. The van der Waals surface area contributed by atoms with Crippen LogP contribution in [0.5, 0.6) is 17.2 Å². The first-order valence-corrected chi connectivity index (χ1v) is 40.6. The van der Waals surface area contributed by atoms with E-state index in [9.17, 15) is 42.7 Å². The van der Waals surface area contributed by atoms with Crippen LogP contribution in [-0.4, -0.2) is 160 Å². The van der Waals surface area contributed by atoms with Crippen LogP contribution < -0.4 is 51.8 Å². The molecule has 2 aliphatic heterocycles. The number of allylic oxidation sites excluding steroid dienone is 1. The fraction of sp³-hybridized carbons (Fsp3) is 0.196. The molecule has 127 heavy (non-hydrogen) atoms. The highest BCUT2D eigenvalue weighted by molar-refractivity contribution is 7.80. The summed E-state index contributed by atoms with van der Waals surface area (Å²) in [6.07, 6.45) is 17.7. The zero-order chi connectivity index (χ0) is 90.3. The smallest absolute Gasteiger partial charge is 0.427 e. The van der Waals surface area contributed by atoms with E-state index in [0.717, 1.165) is 33.3 Å². The van der Waals surface area contributed by atoms with Crippen LogP contribution in [0.3, 0.4) is 0 Å². The summed E-state index contributed by atoms with van der Waals surface area (Å²) in [6, 6.07) is 55.9. The van der Waals surface area contributed by atoms with Crippen molar-refractivity contribution in [1.82, 2.24) is 42.0 Å². The van der Waals surface area contributed by atoms with Gasteiger partial charge in [0.2, 0.25) is 0 Å². The van der Waals surface area contributed by atoms with Gasteiger partial charge in [-0.2, -0.15) is 15.3 Å². The number of halogens is 1. The lowest BCUT2D eigenvalue weighted by atomic mass is 10.1. The van der Waals surface area contributed by atoms with E-state index < -0.39 is 17.9 Å². The number of carbonyl (C=O) groups is 8. The largest absolute Gasteiger partial charge is 0.493 e. The zero-order valence-electron chi connectivity index (χ0n) is 69.9. The van der Waals surface area contributed by atoms with Gasteiger partial charge in [0.05, 0.1) is 101 Å². The fourth-order valence-corrected chi connectivity index (χ4v) is 11.6. The minimum Gasteiger partial charge on any atom is -0.493 e. The minimum absolute atomic E-state index is 0.108. The molecular weight excluding hydrogens is 1680 g/mol. The highest BCUT2D eigenvalue weighted by Gasteiger charge is 2.26. The topological polar surface area (TPSA) is 399 Å². The van der Waals surface area contributed by atoms with Gasteiger partial charge >= 0.3 is 6.09 Å². The van der Waals surface area contributed by atoms with Crippen LogP contribution in [0.25, 0.3) is 29.0 Å². The number of anilines is 1. The maximum atomic E-state index is 12.9. The molecule has 660 valence electrons. The summed E-state index contributed by atoms with van der Waals surface area (Å²) in [5.41, 5.74) is 11.3. The number of methoxy groups -OCH3 is 1. The molecule has 35 heteroatoms. The van der Waals surface area contributed by atoms with Crippen LogP contribution >= 0.6 is 23.6 Å². The van der Waals surface area contributed by atoms with Crippen LogP contribution in [0.2, 0.25) is 0 Å². The molecule has 0 unspecified atom stereocenters. The van der Waals surface area contributed by atoms with Gasteiger partial charge in [-0.05, 0) is 206 Å². The summed E-state index contributed by atoms with van der Waals surface area (Å²) < 4.78 is 74.6. The van der Waals surface area contributed by atoms with Crippen molar-refractivity contribution < 1.29 is 97.7 Å². The van der Waals surface area contributed by atoms with Gasteiger partial charge in [-0.1, -0.05) is 74.5 Å². The molecule has 5 aromatic carbocycles. The number of fused-ring (bicyclic) bond motifs is 1. The van der Waals surface area contributed by atoms with E-state index in [2.05, 4.69) is 71.4 Å². The van der Waals surface area contributed by atoms with Gasteiger partial charge in [0.15, 0.2) is 24.1 Å². The van der Waals surface area contributed by atoms with Gasteiger partial charge in [-0.3, -0.25) is 38.9 Å². The summed E-state index contributed by atoms with van der Waals surface area (Å²) in [4.78, 5) is 100.0. The SMILES string of the molecule is CC(C)COc1ccc(C(=O)N/C(=C\c2ccco2)C(=O)N2CCOCC2)cc1.COC(=O)N/N=C(C)\C=C\c1ccco1.Cc1cccc(C)c1NC(=S)NC(=O)c1cccs1.O=C(COc1ccc(F)cc1)N/N=C/c1ccco1.O=C(COc1cccc2ccccc12)N/N=C/c1ccco1.O=C(N/C(=C\c1ccco1)C(=O)N1CCOCC1)c1ccco1. The van der Waals surface area contributed by atoms with Gasteiger partial charge in [0.1, 0.15) is 63.3 Å². The Bertz CT molecular complexity index is 5580. The summed E-state index contributed by atoms with van der Waals surface area (Å²) in [6.45, 7) is 14.0. The summed E-state index contributed by atoms with van der Waals surface area (Å²) >= 11 is 6.55. The molecule has 7 aromatic heterocycles. The lowest BCUT2D eigenvalue weighted by Gasteiger charge is -2.27. The zero-order valence-corrected chi connectivity index (χ0v) is 71.6. The number of aryl methyl sites for hydroxylation is 2. The number of rotatable bonds is 26. The summed E-state index contributed by atoms with van der Waals surface area (Å²) in [5, 5.41) is 26.5. The molecule has 0 spiro atoms. The van der Waals surface area contributed by atoms with Crippen molar-refractivity contribution in [3.8, 4) is 17.2 Å². The molecule has 2 saturated heterocycles. The molecule has 7 N–H and O–H groups in total. The third-order valence-corrected chi connectivity index (χ3v) is 18.1. The number of hydrazone groups is 3. The number of carbonyl (C=O) groups excluding carboxylic acids is 8. The van der Waals surface area contributed by atoms with Crippen LogP contribution in [0.4, 0.5) is 14.9 Å². The molecule has 8 amide bonds. The van der Waals surface area contributed by atoms with Crippen LogP contribution in [0.1, 0.15) is 91.3 Å². The monoisotopic (exact) mass is 1770 g/mol. The molecule has 0 radical (unpaired) electrons. The number of thiophene rings is 1. The van der Waals surface area contributed by atoms with Crippen LogP contribution in [0.15, 0.2) is 296 Å². The number of ether oxygens (including phenoxy) is 6. The number of morpholine rings is 2. The van der Waals surface area contributed by atoms with Crippen molar-refractivity contribution in [2.45, 2.75) is 34.6 Å². The molecule has 0 atom stereocenters. The van der Waals surface area contributed by atoms with Crippen molar-refractivity contribution in [3.63, 3.8) is 0 Å². The van der Waals surface area contributed by atoms with Gasteiger partial charge < -0.3 is 80.7 Å². The van der Waals surface area contributed by atoms with E-state index in [4.69, 9.17) is 62.4 Å². The van der Waals surface area contributed by atoms with Gasteiger partial charge in [-0.25, -0.2) is 25.5 Å². The number of nitrogens with zero attached hydrogens (tertiary/aromatic N) is 5. The van der Waals surface area contributed by atoms with Gasteiger partial charge in [0, 0.05) is 55.0 Å². The molecule has 14 rings (SSSR count). The van der Waals surface area contributed by atoms with E-state index >= 15 is 0 Å². The minimum atomic E-state index is -0.597. The second kappa shape index (κ2) is 52.2. The van der Waals surface area contributed by atoms with E-state index in [1.807, 2.05) is 92.0 Å². The maximum absolute atomic E-state index is 12.9. The highest BCUT2D eigenvalue weighted by Crippen LogP contribution is 2.26. The number of hydrogen-bond donors (Lipinski definition) is 7. The second-order valence-corrected chi connectivity index (χ2v) is 28.4. The summed E-state index contributed by atoms with van der Waals surface area (Å²) in [5.74, 6) is 2.37. The molecule has 2 aliphatic rings. The van der Waals surface area contributed by atoms with E-state index in [-0.39, 0.29) is 65.7 Å². The number of amides is 8. The second-order valence-electron chi connectivity index (χ2n) is 27.1. The third kappa shape index (κ3) is 34.1. The van der Waals surface area contributed by atoms with E-state index in [1.54, 1.807) is 126 Å². The van der Waals surface area contributed by atoms with Crippen LogP contribution in [-0.2, 0) is 33.4 Å². The molecule has 2 fully saturated rings. The number of hydrogen-bond acceptors (Lipinski definition) is 25. The first-order valence-electron chi connectivity index (χ1n) is 39.3. The number of furan rings is 6. The van der Waals surface area contributed by atoms with Crippen molar-refractivity contribution in [1.29, 1.82) is 0 Å². The number of para-hydroxylation sites is 1. The molecule has 9 heterocycles. The standard InChI is InChI=1S/C22H26N2O5.C17H14N2O3.C16H16N2O5.C14H14N2OS2.C13H11FN2O3.C10H12N2O3/c1-16(2)15-29-18-7-5-17(6-8-18)21(25)23-20(14-19-4-3-11-28-19)22(26)24-9-12-27-13-10-24;20-17(19-18-11-14-7-4-10-21-14)12-22-16-9-3-6-13-5-1-2-8-15(13)16;19-15(14-4-2-8-23-14)17-13(11-12-3-1-7-22-12)16(20)18-5-9-21-10-6-18;1-9-5-3-6-10(2)12(9)15-14(18)16-13(17)11-7-4-8-19-11;14-10-3-5-11(6-4-10)19-9-13(17)16-15-8-12-2-1-7-18-12;1-8(11-12-10(13)14-2)5-6-9-4-3-7-15-9/h3-8,11,14,16H,9-10,12-13,15H2,1-2H3,(H,23,25);1-11H,12H2,(H,19,20);1-4,7-8,11H,5-6,9-10H2,(H,17,19);3-8H,1-2H3,(H2,15,16,17,18);1-8H,9H2,(H,16,17);3-7H,1-2H3,(H,12,13)/b20-14-;18-11+;13-11-;;15-8+;6-5+,11-8-. The Morgan fingerprint density at radius 1 is 0.520 bits per heavy atom. The quantitative estimate of drug-likeness (QED) is 0.0115. The summed E-state index contributed by atoms with van der Waals surface area (Å²) in [7, 11) is 1.28. The van der Waals surface area contributed by atoms with Crippen molar-refractivity contribution in [2.24, 2.45) is 21.2 Å². The Hall–Kier alpha value is -15.3. The Kier molecular flexibility index (Phi) is 39.3. The van der Waals surface area contributed by atoms with E-state index in [0.29, 0.717) is 127 Å². The molecule has 12 aromatic rings. The third-order valence-electron chi connectivity index (χ3n) is 17.0. The van der Waals surface area contributed by atoms with Crippen molar-refractivity contribution in [3.05, 3.63) is 316 Å². The Morgan fingerprint density at radius 3 is 1.54 bits per heavy atom. The Labute approximate surface area is 739 Å². The molecule has 0 bridgehead atoms. The van der Waals surface area contributed by atoms with E-state index in [1.165, 1.54) is 105 Å². The van der Waals surface area contributed by atoms with Crippen LogP contribution in [0, 0.1) is 25.6 Å². The first-order chi connectivity index (χ1) is 61.6. The fourth-order valence-electron chi connectivity index (χ4n) is 10.8. The molecule has 0 aliphatic carbocycles. The Balaban J connectivity index is 0.000000174. The average molecular weight is 1770 g/mol. The van der Waals surface area contributed by atoms with Crippen molar-refractivity contribution >= 4 is 129 Å². The lowest BCUT2D eigenvalue weighted by molar-refractivity contribution is -0.132. The molecule has 0 saturated carbocycles. The molecular formula is C92H93FN12O20S2. The number of nitrogens with one attached hydrogen (secondary N) is 7. The average Bonchev–Trinajstić information content (AvgIpc) is 1.36. The van der Waals surface area contributed by atoms with Crippen molar-refractivity contribution in [2.75, 3.05) is 84.9 Å².